The molecule has 3 rings (SSSR count). The van der Waals surface area contributed by atoms with Crippen LogP contribution in [0.15, 0.2) is 46.5 Å². The smallest absolute Gasteiger partial charge is 0.244 e. The molecular formula is C19H23N3O5S2. The van der Waals surface area contributed by atoms with Gasteiger partial charge in [-0.2, -0.15) is 0 Å². The number of hydrogen-bond donors (Lipinski definition) is 1. The van der Waals surface area contributed by atoms with E-state index in [2.05, 4.69) is 10.3 Å². The molecular weight excluding hydrogens is 414 g/mol. The van der Waals surface area contributed by atoms with Crippen LogP contribution in [0.3, 0.4) is 0 Å². The van der Waals surface area contributed by atoms with Crippen LogP contribution in [0, 0.1) is 0 Å². The molecule has 29 heavy (non-hydrogen) atoms. The lowest BCUT2D eigenvalue weighted by Crippen LogP contribution is -2.28. The molecule has 2 aromatic rings. The van der Waals surface area contributed by atoms with Gasteiger partial charge in [0.2, 0.25) is 15.9 Å². The third-order valence-corrected chi connectivity index (χ3v) is 7.03. The Kier molecular flexibility index (Phi) is 6.66. The summed E-state index contributed by atoms with van der Waals surface area (Å²) in [5.74, 6) is 1.41. The highest BCUT2D eigenvalue weighted by Gasteiger charge is 2.18. The van der Waals surface area contributed by atoms with Gasteiger partial charge >= 0.3 is 0 Å². The second-order valence-corrected chi connectivity index (χ2v) is 9.75. The number of rotatable bonds is 7. The fraction of sp³-hybridized carbons (Fsp3) is 0.368. The van der Waals surface area contributed by atoms with Gasteiger partial charge in [-0.15, -0.1) is 0 Å². The molecule has 1 N–H and O–H groups in total. The number of nitrogens with one attached hydrogen (secondary N) is 1. The Balaban J connectivity index is 1.54. The van der Waals surface area contributed by atoms with Crippen molar-refractivity contribution in [3.63, 3.8) is 0 Å². The Morgan fingerprint density at radius 2 is 1.93 bits per heavy atom. The number of carbonyl (C=O) groups excluding carboxylic acids is 1. The van der Waals surface area contributed by atoms with E-state index in [1.54, 1.807) is 6.07 Å². The molecule has 0 aliphatic carbocycles. The summed E-state index contributed by atoms with van der Waals surface area (Å²) < 4.78 is 36.3. The fourth-order valence-electron chi connectivity index (χ4n) is 2.65. The summed E-state index contributed by atoms with van der Waals surface area (Å²) in [7, 11) is -0.588. The molecule has 1 amide bonds. The van der Waals surface area contributed by atoms with Crippen LogP contribution in [0.2, 0.25) is 0 Å². The van der Waals surface area contributed by atoms with Gasteiger partial charge in [0.25, 0.3) is 0 Å². The van der Waals surface area contributed by atoms with E-state index in [0.717, 1.165) is 9.87 Å². The molecule has 0 saturated carbocycles. The zero-order chi connectivity index (χ0) is 21.0. The molecule has 1 atom stereocenters. The number of amides is 1. The van der Waals surface area contributed by atoms with Crippen molar-refractivity contribution in [2.45, 2.75) is 22.9 Å². The molecule has 1 aromatic carbocycles. The fourth-order valence-corrected chi connectivity index (χ4v) is 4.15. The van der Waals surface area contributed by atoms with E-state index >= 15 is 0 Å². The molecule has 1 aromatic heterocycles. The molecule has 8 nitrogen and oxygen atoms in total. The number of ether oxygens (including phenoxy) is 2. The van der Waals surface area contributed by atoms with Crippen LogP contribution in [0.1, 0.15) is 18.5 Å². The first-order chi connectivity index (χ1) is 13.8. The standard InChI is InChI=1S/C19H23N3O5S2/c1-13(14-4-6-16-17(10-14)27-9-8-26-16)21-18(23)12-28-19-7-5-15(11-20-19)29(24,25)22(2)3/h4-7,10-11,13H,8-9,12H2,1-3H3,(H,21,23)/t13-/m1/s1. The minimum atomic E-state index is -3.52. The molecule has 1 aliphatic rings. The van der Waals surface area contributed by atoms with E-state index < -0.39 is 10.0 Å². The average molecular weight is 438 g/mol. The topological polar surface area (TPSA) is 97.8 Å². The van der Waals surface area contributed by atoms with Crippen LogP contribution in [0.5, 0.6) is 11.5 Å². The van der Waals surface area contributed by atoms with Crippen molar-refractivity contribution in [2.24, 2.45) is 0 Å². The first-order valence-corrected chi connectivity index (χ1v) is 11.4. The summed E-state index contributed by atoms with van der Waals surface area (Å²) in [5, 5.41) is 3.51. The van der Waals surface area contributed by atoms with Gasteiger partial charge in [0.15, 0.2) is 11.5 Å². The first-order valence-electron chi connectivity index (χ1n) is 8.97. The average Bonchev–Trinajstić information content (AvgIpc) is 2.72. The Bertz CT molecular complexity index is 978. The lowest BCUT2D eigenvalue weighted by molar-refractivity contribution is -0.119. The van der Waals surface area contributed by atoms with Gasteiger partial charge in [-0.3, -0.25) is 4.79 Å². The number of fused-ring (bicyclic) bond motifs is 1. The molecule has 0 bridgehead atoms. The van der Waals surface area contributed by atoms with Crippen molar-refractivity contribution >= 4 is 27.7 Å². The summed E-state index contributed by atoms with van der Waals surface area (Å²) in [5.41, 5.74) is 0.920. The van der Waals surface area contributed by atoms with E-state index in [1.807, 2.05) is 25.1 Å². The highest BCUT2D eigenvalue weighted by molar-refractivity contribution is 7.99. The normalized spacial score (nSPS) is 14.5. The predicted octanol–water partition coefficient (Wildman–Crippen LogP) is 2.07. The summed E-state index contributed by atoms with van der Waals surface area (Å²) in [4.78, 5) is 16.5. The summed E-state index contributed by atoms with van der Waals surface area (Å²) >= 11 is 1.24. The number of benzene rings is 1. The Morgan fingerprint density at radius 1 is 1.21 bits per heavy atom. The summed E-state index contributed by atoms with van der Waals surface area (Å²) in [6, 6.07) is 8.50. The van der Waals surface area contributed by atoms with E-state index in [1.165, 1.54) is 38.1 Å². The van der Waals surface area contributed by atoms with Crippen molar-refractivity contribution in [1.29, 1.82) is 0 Å². The van der Waals surface area contributed by atoms with Crippen molar-refractivity contribution in [3.8, 4) is 11.5 Å². The zero-order valence-corrected chi connectivity index (χ0v) is 18.0. The number of hydrogen-bond acceptors (Lipinski definition) is 7. The van der Waals surface area contributed by atoms with Gasteiger partial charge in [-0.05, 0) is 36.8 Å². The monoisotopic (exact) mass is 437 g/mol. The molecule has 156 valence electrons. The highest BCUT2D eigenvalue weighted by Crippen LogP contribution is 2.32. The third-order valence-electron chi connectivity index (χ3n) is 4.28. The number of nitrogens with zero attached hydrogens (tertiary/aromatic N) is 2. The van der Waals surface area contributed by atoms with Crippen molar-refractivity contribution in [2.75, 3.05) is 33.1 Å². The third kappa shape index (κ3) is 5.20. The van der Waals surface area contributed by atoms with E-state index in [9.17, 15) is 13.2 Å². The number of carbonyl (C=O) groups is 1. The number of thioether (sulfide) groups is 1. The quantitative estimate of drug-likeness (QED) is 0.662. The van der Waals surface area contributed by atoms with Gasteiger partial charge in [-0.1, -0.05) is 17.8 Å². The first kappa shape index (κ1) is 21.4. The minimum Gasteiger partial charge on any atom is -0.486 e. The van der Waals surface area contributed by atoms with E-state index in [-0.39, 0.29) is 22.6 Å². The van der Waals surface area contributed by atoms with Gasteiger partial charge in [-0.25, -0.2) is 17.7 Å². The van der Waals surface area contributed by atoms with Crippen LogP contribution >= 0.6 is 11.8 Å². The van der Waals surface area contributed by atoms with Crippen LogP contribution in [0.25, 0.3) is 0 Å². The van der Waals surface area contributed by atoms with Gasteiger partial charge in [0.1, 0.15) is 18.1 Å². The molecule has 10 heteroatoms. The molecule has 0 fully saturated rings. The van der Waals surface area contributed by atoms with Crippen LogP contribution in [-0.4, -0.2) is 56.7 Å². The maximum absolute atomic E-state index is 12.3. The largest absolute Gasteiger partial charge is 0.486 e. The molecule has 0 saturated heterocycles. The second kappa shape index (κ2) is 9.02. The zero-order valence-electron chi connectivity index (χ0n) is 16.4. The Morgan fingerprint density at radius 3 is 2.59 bits per heavy atom. The van der Waals surface area contributed by atoms with Crippen LogP contribution in [-0.2, 0) is 14.8 Å². The van der Waals surface area contributed by atoms with Gasteiger partial charge < -0.3 is 14.8 Å². The maximum atomic E-state index is 12.3. The van der Waals surface area contributed by atoms with Crippen LogP contribution < -0.4 is 14.8 Å². The van der Waals surface area contributed by atoms with E-state index in [0.29, 0.717) is 29.7 Å². The Hall–Kier alpha value is -2.30. The summed E-state index contributed by atoms with van der Waals surface area (Å²) in [6.07, 6.45) is 1.30. The number of pyridine rings is 1. The SMILES string of the molecule is C[C@@H](NC(=O)CSc1ccc(S(=O)(=O)N(C)C)cn1)c1ccc2c(c1)OCCO2. The predicted molar refractivity (Wildman–Crippen MR) is 110 cm³/mol. The highest BCUT2D eigenvalue weighted by atomic mass is 32.2. The van der Waals surface area contributed by atoms with Gasteiger partial charge in [0, 0.05) is 20.3 Å². The number of sulfonamides is 1. The Labute approximate surface area is 174 Å². The van der Waals surface area contributed by atoms with Crippen molar-refractivity contribution < 1.29 is 22.7 Å². The lowest BCUT2D eigenvalue weighted by atomic mass is 10.1. The second-order valence-electron chi connectivity index (χ2n) is 6.60. The lowest BCUT2D eigenvalue weighted by Gasteiger charge is -2.21. The molecule has 0 unspecified atom stereocenters. The number of aromatic nitrogens is 1. The summed E-state index contributed by atoms with van der Waals surface area (Å²) in [6.45, 7) is 2.94. The van der Waals surface area contributed by atoms with Gasteiger partial charge in [0.05, 0.1) is 16.8 Å². The van der Waals surface area contributed by atoms with Crippen LogP contribution in [0.4, 0.5) is 0 Å². The van der Waals surface area contributed by atoms with E-state index in [4.69, 9.17) is 9.47 Å². The molecule has 0 spiro atoms. The minimum absolute atomic E-state index is 0.114. The molecule has 0 radical (unpaired) electrons. The van der Waals surface area contributed by atoms with Crippen molar-refractivity contribution in [3.05, 3.63) is 42.1 Å². The molecule has 1 aliphatic heterocycles. The molecule has 2 heterocycles. The maximum Gasteiger partial charge on any atom is 0.244 e. The van der Waals surface area contributed by atoms with Crippen molar-refractivity contribution in [1.82, 2.24) is 14.6 Å².